The van der Waals surface area contributed by atoms with Crippen LogP contribution in [0.3, 0.4) is 0 Å². The Morgan fingerprint density at radius 3 is 2.65 bits per heavy atom. The van der Waals surface area contributed by atoms with Crippen molar-refractivity contribution < 1.29 is 14.5 Å². The minimum Gasteiger partial charge on any atom is -0.426 e. The van der Waals surface area contributed by atoms with Crippen molar-refractivity contribution in [3.05, 3.63) is 69.2 Å². The zero-order valence-electron chi connectivity index (χ0n) is 10.3. The van der Waals surface area contributed by atoms with Crippen LogP contribution in [0.15, 0.2) is 48.5 Å². The Balaban J connectivity index is 2.11. The predicted molar refractivity (Wildman–Crippen MR) is 73.9 cm³/mol. The fourth-order valence-corrected chi connectivity index (χ4v) is 1.87. The Hall–Kier alpha value is -2.40. The van der Waals surface area contributed by atoms with Gasteiger partial charge < -0.3 is 4.74 Å². The number of esters is 1. The van der Waals surface area contributed by atoms with Gasteiger partial charge in [0.25, 0.3) is 5.69 Å². The molecule has 0 aliphatic rings. The van der Waals surface area contributed by atoms with E-state index in [9.17, 15) is 14.9 Å². The second kappa shape index (κ2) is 6.16. The van der Waals surface area contributed by atoms with Gasteiger partial charge in [-0.15, -0.1) is 0 Å². The van der Waals surface area contributed by atoms with Crippen molar-refractivity contribution in [1.29, 1.82) is 0 Å². The van der Waals surface area contributed by atoms with Crippen molar-refractivity contribution >= 4 is 23.3 Å². The molecule has 0 aliphatic heterocycles. The van der Waals surface area contributed by atoms with Crippen LogP contribution in [-0.2, 0) is 11.2 Å². The number of hydrogen-bond donors (Lipinski definition) is 0. The highest BCUT2D eigenvalue weighted by molar-refractivity contribution is 6.30. The average molecular weight is 292 g/mol. The molecular formula is C14H10ClNO4. The van der Waals surface area contributed by atoms with Gasteiger partial charge in [0.2, 0.25) is 0 Å². The Kier molecular flexibility index (Phi) is 4.32. The molecule has 0 saturated heterocycles. The smallest absolute Gasteiger partial charge is 0.315 e. The molecular weight excluding hydrogens is 282 g/mol. The number of para-hydroxylation sites is 1. The Morgan fingerprint density at radius 1 is 1.20 bits per heavy atom. The first-order valence-corrected chi connectivity index (χ1v) is 6.12. The molecule has 0 heterocycles. The molecule has 0 radical (unpaired) electrons. The molecule has 20 heavy (non-hydrogen) atoms. The summed E-state index contributed by atoms with van der Waals surface area (Å²) in [6.07, 6.45) is -0.177. The maximum Gasteiger partial charge on any atom is 0.315 e. The van der Waals surface area contributed by atoms with Crippen molar-refractivity contribution in [3.8, 4) is 5.75 Å². The van der Waals surface area contributed by atoms with Crippen LogP contribution < -0.4 is 4.74 Å². The SMILES string of the molecule is O=C(Cc1ccccc1[N+](=O)[O-])Oc1cccc(Cl)c1. The van der Waals surface area contributed by atoms with Crippen LogP contribution in [0.25, 0.3) is 0 Å². The molecule has 0 unspecified atom stereocenters. The van der Waals surface area contributed by atoms with Crippen molar-refractivity contribution in [3.63, 3.8) is 0 Å². The van der Waals surface area contributed by atoms with Gasteiger partial charge in [-0.25, -0.2) is 0 Å². The average Bonchev–Trinajstić information content (AvgIpc) is 2.38. The summed E-state index contributed by atoms with van der Waals surface area (Å²) in [7, 11) is 0. The lowest BCUT2D eigenvalue weighted by molar-refractivity contribution is -0.385. The zero-order valence-corrected chi connectivity index (χ0v) is 11.0. The summed E-state index contributed by atoms with van der Waals surface area (Å²) in [6, 6.07) is 12.4. The minimum atomic E-state index is -0.582. The number of carbonyl (C=O) groups is 1. The summed E-state index contributed by atoms with van der Waals surface area (Å²) in [5, 5.41) is 11.3. The van der Waals surface area contributed by atoms with E-state index in [-0.39, 0.29) is 12.1 Å². The molecule has 0 fully saturated rings. The Morgan fingerprint density at radius 2 is 1.95 bits per heavy atom. The summed E-state index contributed by atoms with van der Waals surface area (Å²) in [4.78, 5) is 22.1. The van der Waals surface area contributed by atoms with Crippen LogP contribution in [0.4, 0.5) is 5.69 Å². The lowest BCUT2D eigenvalue weighted by atomic mass is 10.1. The first-order valence-electron chi connectivity index (χ1n) is 5.75. The molecule has 0 N–H and O–H groups in total. The number of halogens is 1. The standard InChI is InChI=1S/C14H10ClNO4/c15-11-5-3-6-12(9-11)20-14(17)8-10-4-1-2-7-13(10)16(18)19/h1-7,9H,8H2. The van der Waals surface area contributed by atoms with E-state index < -0.39 is 10.9 Å². The van der Waals surface area contributed by atoms with Crippen LogP contribution in [0, 0.1) is 10.1 Å². The maximum atomic E-state index is 11.8. The summed E-state index contributed by atoms with van der Waals surface area (Å²) < 4.78 is 5.09. The molecule has 0 aliphatic carbocycles. The third kappa shape index (κ3) is 3.55. The second-order valence-corrected chi connectivity index (χ2v) is 4.43. The highest BCUT2D eigenvalue weighted by Crippen LogP contribution is 2.20. The molecule has 6 heteroatoms. The number of carbonyl (C=O) groups excluding carboxylic acids is 1. The van der Waals surface area contributed by atoms with Crippen LogP contribution in [0.1, 0.15) is 5.56 Å². The number of benzene rings is 2. The van der Waals surface area contributed by atoms with Gasteiger partial charge in [-0.3, -0.25) is 14.9 Å². The van der Waals surface area contributed by atoms with Gasteiger partial charge in [-0.1, -0.05) is 35.9 Å². The summed E-state index contributed by atoms with van der Waals surface area (Å²) in [5.74, 6) is -0.275. The largest absolute Gasteiger partial charge is 0.426 e. The quantitative estimate of drug-likeness (QED) is 0.375. The minimum absolute atomic E-state index is 0.101. The number of nitro benzene ring substituents is 1. The van der Waals surface area contributed by atoms with Gasteiger partial charge in [0.1, 0.15) is 5.75 Å². The first-order chi connectivity index (χ1) is 9.56. The molecule has 5 nitrogen and oxygen atoms in total. The van der Waals surface area contributed by atoms with E-state index in [1.165, 1.54) is 18.2 Å². The highest BCUT2D eigenvalue weighted by atomic mass is 35.5. The predicted octanol–water partition coefficient (Wildman–Crippen LogP) is 3.40. The first kappa shape index (κ1) is 14.0. The molecule has 2 aromatic carbocycles. The summed E-state index contributed by atoms with van der Waals surface area (Å²) >= 11 is 5.77. The van der Waals surface area contributed by atoms with Gasteiger partial charge >= 0.3 is 5.97 Å². The topological polar surface area (TPSA) is 69.4 Å². The van der Waals surface area contributed by atoms with Gasteiger partial charge in [0, 0.05) is 16.7 Å². The number of nitrogens with zero attached hydrogens (tertiary/aromatic N) is 1. The zero-order chi connectivity index (χ0) is 14.5. The molecule has 0 atom stereocenters. The lowest BCUT2D eigenvalue weighted by Crippen LogP contribution is -2.12. The van der Waals surface area contributed by atoms with E-state index >= 15 is 0 Å². The molecule has 2 aromatic rings. The van der Waals surface area contributed by atoms with Gasteiger partial charge in [0.15, 0.2) is 0 Å². The Bertz CT molecular complexity index is 657. The van der Waals surface area contributed by atoms with E-state index in [2.05, 4.69) is 0 Å². The number of rotatable bonds is 4. The normalized spacial score (nSPS) is 10.1. The molecule has 2 rings (SSSR count). The highest BCUT2D eigenvalue weighted by Gasteiger charge is 2.16. The molecule has 0 saturated carbocycles. The second-order valence-electron chi connectivity index (χ2n) is 3.99. The van der Waals surface area contributed by atoms with E-state index in [1.54, 1.807) is 30.3 Å². The number of ether oxygens (including phenoxy) is 1. The van der Waals surface area contributed by atoms with E-state index in [4.69, 9.17) is 16.3 Å². The molecule has 0 bridgehead atoms. The van der Waals surface area contributed by atoms with Crippen molar-refractivity contribution in [2.24, 2.45) is 0 Å². The fraction of sp³-hybridized carbons (Fsp3) is 0.0714. The van der Waals surface area contributed by atoms with Gasteiger partial charge in [0.05, 0.1) is 11.3 Å². The van der Waals surface area contributed by atoms with Crippen LogP contribution >= 0.6 is 11.6 Å². The van der Waals surface area contributed by atoms with Crippen LogP contribution in [0.5, 0.6) is 5.75 Å². The van der Waals surface area contributed by atoms with E-state index in [1.807, 2.05) is 0 Å². The lowest BCUT2D eigenvalue weighted by Gasteiger charge is -2.05. The molecule has 0 spiro atoms. The van der Waals surface area contributed by atoms with E-state index in [0.717, 1.165) is 0 Å². The monoisotopic (exact) mass is 291 g/mol. The number of hydrogen-bond acceptors (Lipinski definition) is 4. The van der Waals surface area contributed by atoms with Crippen LogP contribution in [-0.4, -0.2) is 10.9 Å². The summed E-state index contributed by atoms with van der Waals surface area (Å²) in [6.45, 7) is 0. The summed E-state index contributed by atoms with van der Waals surface area (Å²) in [5.41, 5.74) is 0.208. The fourth-order valence-electron chi connectivity index (χ4n) is 1.69. The van der Waals surface area contributed by atoms with Crippen molar-refractivity contribution in [2.45, 2.75) is 6.42 Å². The van der Waals surface area contributed by atoms with Crippen molar-refractivity contribution in [2.75, 3.05) is 0 Å². The van der Waals surface area contributed by atoms with Crippen molar-refractivity contribution in [1.82, 2.24) is 0 Å². The van der Waals surface area contributed by atoms with Gasteiger partial charge in [-0.2, -0.15) is 0 Å². The Labute approximate surface area is 119 Å². The van der Waals surface area contributed by atoms with Gasteiger partial charge in [-0.05, 0) is 18.2 Å². The molecule has 102 valence electrons. The molecule has 0 aromatic heterocycles. The number of nitro groups is 1. The maximum absolute atomic E-state index is 11.8. The van der Waals surface area contributed by atoms with E-state index in [0.29, 0.717) is 16.3 Å². The third-order valence-corrected chi connectivity index (χ3v) is 2.79. The van der Waals surface area contributed by atoms with Crippen LogP contribution in [0.2, 0.25) is 5.02 Å². The third-order valence-electron chi connectivity index (χ3n) is 2.55. The molecule has 0 amide bonds.